The second-order valence-electron chi connectivity index (χ2n) is 3.98. The summed E-state index contributed by atoms with van der Waals surface area (Å²) < 4.78 is 4.55. The lowest BCUT2D eigenvalue weighted by Crippen LogP contribution is -2.22. The Hall–Kier alpha value is -1.32. The predicted molar refractivity (Wildman–Crippen MR) is 53.6 cm³/mol. The number of ether oxygens (including phenoxy) is 1. The molecule has 0 saturated carbocycles. The Labute approximate surface area is 84.3 Å². The zero-order chi connectivity index (χ0) is 11.2. The van der Waals surface area contributed by atoms with E-state index in [9.17, 15) is 9.59 Å². The van der Waals surface area contributed by atoms with Crippen LogP contribution in [0.4, 0.5) is 0 Å². The summed E-state index contributed by atoms with van der Waals surface area (Å²) in [5.41, 5.74) is -0.318. The van der Waals surface area contributed by atoms with E-state index >= 15 is 0 Å². The summed E-state index contributed by atoms with van der Waals surface area (Å²) in [5.74, 6) is 0.0208. The number of rotatable bonds is 1. The van der Waals surface area contributed by atoms with Gasteiger partial charge in [-0.15, -0.1) is 0 Å². The van der Waals surface area contributed by atoms with Crippen LogP contribution in [0.15, 0.2) is 12.2 Å². The van der Waals surface area contributed by atoms with Crippen LogP contribution in [-0.2, 0) is 14.3 Å². The molecule has 1 rings (SSSR count). The molecule has 0 aromatic heterocycles. The molecular formula is C10H17NO3. The standard InChI is InChI=1S/C5H7NO.C5H10O2/c1-4-2-3-5(7)6-4;1-5(2,3)7-4-6/h2-4H,1H3,(H,6,7);4H,1-3H3. The van der Waals surface area contributed by atoms with Gasteiger partial charge in [-0.05, 0) is 27.7 Å². The summed E-state index contributed by atoms with van der Waals surface area (Å²) in [6.45, 7) is 7.85. The Kier molecular flexibility index (Phi) is 4.91. The van der Waals surface area contributed by atoms with Crippen molar-refractivity contribution in [3.63, 3.8) is 0 Å². The van der Waals surface area contributed by atoms with Crippen molar-refractivity contribution >= 4 is 12.4 Å². The van der Waals surface area contributed by atoms with Crippen molar-refractivity contribution in [2.24, 2.45) is 0 Å². The van der Waals surface area contributed by atoms with Gasteiger partial charge in [0.2, 0.25) is 5.91 Å². The topological polar surface area (TPSA) is 55.4 Å². The second-order valence-corrected chi connectivity index (χ2v) is 3.98. The number of carbonyl (C=O) groups is 2. The first kappa shape index (κ1) is 12.7. The quantitative estimate of drug-likeness (QED) is 0.641. The molecule has 0 aromatic carbocycles. The van der Waals surface area contributed by atoms with Crippen LogP contribution in [-0.4, -0.2) is 24.0 Å². The Morgan fingerprint density at radius 2 is 2.07 bits per heavy atom. The molecule has 1 heterocycles. The highest BCUT2D eigenvalue weighted by molar-refractivity contribution is 5.90. The van der Waals surface area contributed by atoms with Crippen LogP contribution in [0, 0.1) is 0 Å². The molecular weight excluding hydrogens is 182 g/mol. The zero-order valence-corrected chi connectivity index (χ0v) is 9.03. The van der Waals surface area contributed by atoms with Gasteiger partial charge in [-0.25, -0.2) is 0 Å². The van der Waals surface area contributed by atoms with Crippen molar-refractivity contribution in [2.45, 2.75) is 39.3 Å². The van der Waals surface area contributed by atoms with Gasteiger partial charge in [-0.3, -0.25) is 9.59 Å². The summed E-state index contributed by atoms with van der Waals surface area (Å²) in [5, 5.41) is 2.67. The summed E-state index contributed by atoms with van der Waals surface area (Å²) in [7, 11) is 0. The van der Waals surface area contributed by atoms with Gasteiger partial charge >= 0.3 is 0 Å². The first-order valence-corrected chi connectivity index (χ1v) is 4.45. The number of hydrogen-bond acceptors (Lipinski definition) is 3. The normalized spacial score (nSPS) is 19.4. The van der Waals surface area contributed by atoms with Crippen molar-refractivity contribution in [1.29, 1.82) is 0 Å². The van der Waals surface area contributed by atoms with Crippen LogP contribution >= 0.6 is 0 Å². The van der Waals surface area contributed by atoms with E-state index in [1.807, 2.05) is 33.8 Å². The average Bonchev–Trinajstić information content (AvgIpc) is 2.33. The van der Waals surface area contributed by atoms with Gasteiger partial charge in [0.25, 0.3) is 6.47 Å². The molecule has 1 unspecified atom stereocenters. The van der Waals surface area contributed by atoms with Crippen LogP contribution in [0.2, 0.25) is 0 Å². The van der Waals surface area contributed by atoms with Crippen LogP contribution in [0.1, 0.15) is 27.7 Å². The second kappa shape index (κ2) is 5.42. The number of amides is 1. The highest BCUT2D eigenvalue weighted by atomic mass is 16.5. The fourth-order valence-electron chi connectivity index (χ4n) is 0.697. The van der Waals surface area contributed by atoms with Crippen molar-refractivity contribution in [3.8, 4) is 0 Å². The Morgan fingerprint density at radius 1 is 1.50 bits per heavy atom. The summed E-state index contributed by atoms with van der Waals surface area (Å²) in [6.07, 6.45) is 3.38. The summed E-state index contributed by atoms with van der Waals surface area (Å²) in [4.78, 5) is 19.9. The van der Waals surface area contributed by atoms with E-state index in [4.69, 9.17) is 0 Å². The maximum Gasteiger partial charge on any atom is 0.293 e. The molecule has 0 saturated heterocycles. The molecule has 1 N–H and O–H groups in total. The predicted octanol–water partition coefficient (Wildman–Crippen LogP) is 1.02. The van der Waals surface area contributed by atoms with Gasteiger partial charge in [0.05, 0.1) is 0 Å². The number of nitrogens with one attached hydrogen (secondary N) is 1. The Bertz CT molecular complexity index is 228. The Balaban J connectivity index is 0.000000241. The molecule has 14 heavy (non-hydrogen) atoms. The summed E-state index contributed by atoms with van der Waals surface area (Å²) in [6, 6.07) is 0.243. The van der Waals surface area contributed by atoms with E-state index in [1.54, 1.807) is 6.08 Å². The molecule has 0 spiro atoms. The number of hydrogen-bond donors (Lipinski definition) is 1. The van der Waals surface area contributed by atoms with Crippen molar-refractivity contribution < 1.29 is 14.3 Å². The van der Waals surface area contributed by atoms with E-state index in [0.29, 0.717) is 6.47 Å². The minimum absolute atomic E-state index is 0.0208. The van der Waals surface area contributed by atoms with Gasteiger partial charge < -0.3 is 10.1 Å². The first-order chi connectivity index (χ1) is 6.35. The minimum atomic E-state index is -0.318. The molecule has 0 fully saturated rings. The molecule has 0 aromatic rings. The molecule has 4 heteroatoms. The first-order valence-electron chi connectivity index (χ1n) is 4.45. The lowest BCUT2D eigenvalue weighted by molar-refractivity contribution is -0.138. The van der Waals surface area contributed by atoms with Crippen LogP contribution in [0.25, 0.3) is 0 Å². The van der Waals surface area contributed by atoms with Crippen LogP contribution in [0.5, 0.6) is 0 Å². The van der Waals surface area contributed by atoms with Gasteiger partial charge in [-0.2, -0.15) is 0 Å². The lowest BCUT2D eigenvalue weighted by Gasteiger charge is -2.14. The van der Waals surface area contributed by atoms with E-state index in [-0.39, 0.29) is 17.6 Å². The van der Waals surface area contributed by atoms with Gasteiger partial charge in [0.15, 0.2) is 0 Å². The third-order valence-electron chi connectivity index (χ3n) is 1.31. The van der Waals surface area contributed by atoms with E-state index in [2.05, 4.69) is 10.1 Å². The maximum absolute atomic E-state index is 10.3. The third kappa shape index (κ3) is 7.34. The fourth-order valence-corrected chi connectivity index (χ4v) is 0.697. The smallest absolute Gasteiger partial charge is 0.293 e. The molecule has 4 nitrogen and oxygen atoms in total. The molecule has 1 atom stereocenters. The molecule has 0 radical (unpaired) electrons. The molecule has 80 valence electrons. The van der Waals surface area contributed by atoms with Gasteiger partial charge in [0, 0.05) is 12.1 Å². The van der Waals surface area contributed by atoms with Crippen LogP contribution in [0.3, 0.4) is 0 Å². The average molecular weight is 199 g/mol. The monoisotopic (exact) mass is 199 g/mol. The lowest BCUT2D eigenvalue weighted by atomic mass is 10.2. The van der Waals surface area contributed by atoms with Crippen molar-refractivity contribution in [2.75, 3.05) is 0 Å². The summed E-state index contributed by atoms with van der Waals surface area (Å²) >= 11 is 0. The van der Waals surface area contributed by atoms with Gasteiger partial charge in [0.1, 0.15) is 5.60 Å². The van der Waals surface area contributed by atoms with Crippen molar-refractivity contribution in [3.05, 3.63) is 12.2 Å². The molecule has 0 bridgehead atoms. The van der Waals surface area contributed by atoms with Crippen LogP contribution < -0.4 is 5.32 Å². The van der Waals surface area contributed by atoms with Crippen molar-refractivity contribution in [1.82, 2.24) is 5.32 Å². The Morgan fingerprint density at radius 3 is 2.14 bits per heavy atom. The largest absolute Gasteiger partial charge is 0.462 e. The van der Waals surface area contributed by atoms with E-state index in [1.165, 1.54) is 0 Å². The minimum Gasteiger partial charge on any atom is -0.462 e. The number of carbonyl (C=O) groups excluding carboxylic acids is 2. The van der Waals surface area contributed by atoms with E-state index < -0.39 is 0 Å². The molecule has 1 amide bonds. The van der Waals surface area contributed by atoms with E-state index in [0.717, 1.165) is 0 Å². The molecule has 1 aliphatic rings. The van der Waals surface area contributed by atoms with Gasteiger partial charge in [-0.1, -0.05) is 6.08 Å². The highest BCUT2D eigenvalue weighted by Gasteiger charge is 2.07. The maximum atomic E-state index is 10.3. The SMILES string of the molecule is CC(C)(C)OC=O.CC1C=CC(=O)N1. The third-order valence-corrected chi connectivity index (χ3v) is 1.31. The zero-order valence-electron chi connectivity index (χ0n) is 9.03. The fraction of sp³-hybridized carbons (Fsp3) is 0.600. The highest BCUT2D eigenvalue weighted by Crippen LogP contribution is 2.02. The molecule has 1 aliphatic heterocycles. The molecule has 0 aliphatic carbocycles.